The minimum atomic E-state index is 0.179. The molecule has 2 fully saturated rings. The van der Waals surface area contributed by atoms with Gasteiger partial charge in [-0.1, -0.05) is 42.8 Å². The Balaban J connectivity index is 1.22. The van der Waals surface area contributed by atoms with Gasteiger partial charge in [0.25, 0.3) is 0 Å². The number of likely N-dealkylation sites (tertiary alicyclic amines) is 1. The first-order chi connectivity index (χ1) is 16.1. The quantitative estimate of drug-likeness (QED) is 0.649. The summed E-state index contributed by atoms with van der Waals surface area (Å²) in [6.45, 7) is 9.60. The molecule has 2 heterocycles. The maximum atomic E-state index is 13.1. The molecule has 5 nitrogen and oxygen atoms in total. The molecule has 2 aromatic rings. The highest BCUT2D eigenvalue weighted by Crippen LogP contribution is 2.24. The maximum absolute atomic E-state index is 13.1. The highest BCUT2D eigenvalue weighted by Gasteiger charge is 2.30. The van der Waals surface area contributed by atoms with Crippen LogP contribution in [0.1, 0.15) is 36.5 Å². The third-order valence-electron chi connectivity index (χ3n) is 7.14. The van der Waals surface area contributed by atoms with Gasteiger partial charge in [0.1, 0.15) is 0 Å². The largest absolute Gasteiger partial charge is 0.388 e. The summed E-state index contributed by atoms with van der Waals surface area (Å²) in [5.74, 6) is 0.544. The Bertz CT molecular complexity index is 933. The molecule has 33 heavy (non-hydrogen) atoms. The molecule has 2 aromatic carbocycles. The van der Waals surface area contributed by atoms with Gasteiger partial charge in [0.15, 0.2) is 0 Å². The molecule has 0 atom stereocenters. The van der Waals surface area contributed by atoms with Crippen LogP contribution in [0.3, 0.4) is 0 Å². The molecule has 6 heteroatoms. The number of rotatable bonds is 7. The Kier molecular flexibility index (Phi) is 8.29. The smallest absolute Gasteiger partial charge is 0.225 e. The molecule has 0 spiro atoms. The van der Waals surface area contributed by atoms with Crippen molar-refractivity contribution in [2.75, 3.05) is 51.6 Å². The summed E-state index contributed by atoms with van der Waals surface area (Å²) in [5, 5.41) is 4.07. The summed E-state index contributed by atoms with van der Waals surface area (Å²) in [6.07, 6.45) is 2.97. The van der Waals surface area contributed by atoms with E-state index in [0.29, 0.717) is 5.91 Å². The molecule has 1 N–H and O–H groups in total. The van der Waals surface area contributed by atoms with Gasteiger partial charge in [0, 0.05) is 62.9 Å². The van der Waals surface area contributed by atoms with Gasteiger partial charge in [-0.3, -0.25) is 14.6 Å². The molecule has 178 valence electrons. The number of benzene rings is 2. The number of anilines is 1. The summed E-state index contributed by atoms with van der Waals surface area (Å²) in [4.78, 5) is 20.2. The number of piperidine rings is 1. The molecular weight excluding hydrogens is 432 g/mol. The molecule has 2 saturated heterocycles. The van der Waals surface area contributed by atoms with E-state index in [1.54, 1.807) is 0 Å². The first kappa shape index (κ1) is 24.1. The van der Waals surface area contributed by atoms with Crippen molar-refractivity contribution in [1.29, 1.82) is 0 Å². The summed E-state index contributed by atoms with van der Waals surface area (Å²) < 4.78 is 0. The molecular formula is C27H37ClN4O. The molecule has 1 amide bonds. The summed E-state index contributed by atoms with van der Waals surface area (Å²) >= 11 is 6.12. The summed E-state index contributed by atoms with van der Waals surface area (Å²) in [6, 6.07) is 14.8. The molecule has 0 unspecified atom stereocenters. The van der Waals surface area contributed by atoms with E-state index in [1.807, 2.05) is 25.2 Å². The van der Waals surface area contributed by atoms with Gasteiger partial charge in [-0.15, -0.1) is 0 Å². The fraction of sp³-hybridized carbons (Fsp3) is 0.519. The highest BCUT2D eigenvalue weighted by molar-refractivity contribution is 6.30. The number of piperazine rings is 1. The lowest BCUT2D eigenvalue weighted by molar-refractivity contribution is -0.139. The van der Waals surface area contributed by atoms with E-state index in [0.717, 1.165) is 76.6 Å². The lowest BCUT2D eigenvalue weighted by Gasteiger charge is -2.38. The van der Waals surface area contributed by atoms with Gasteiger partial charge in [-0.2, -0.15) is 0 Å². The van der Waals surface area contributed by atoms with Gasteiger partial charge in [-0.25, -0.2) is 0 Å². The zero-order chi connectivity index (χ0) is 23.2. The second kappa shape index (κ2) is 11.4. The lowest BCUT2D eigenvalue weighted by atomic mass is 9.94. The predicted molar refractivity (Wildman–Crippen MR) is 137 cm³/mol. The van der Waals surface area contributed by atoms with E-state index >= 15 is 0 Å². The fourth-order valence-corrected chi connectivity index (χ4v) is 5.37. The predicted octanol–water partition coefficient (Wildman–Crippen LogP) is 4.50. The SMILES string of the molecule is CCc1cc(CN2CCC(C(=O)N3CCN(Cc4cccc(Cl)c4)CC3)CC2)ccc1NC. The van der Waals surface area contributed by atoms with E-state index in [2.05, 4.69) is 51.2 Å². The van der Waals surface area contributed by atoms with Crippen molar-refractivity contribution in [3.63, 3.8) is 0 Å². The van der Waals surface area contributed by atoms with Gasteiger partial charge in [-0.05, 0) is 67.2 Å². The minimum absolute atomic E-state index is 0.179. The molecule has 0 radical (unpaired) electrons. The zero-order valence-electron chi connectivity index (χ0n) is 20.0. The van der Waals surface area contributed by atoms with Crippen LogP contribution in [0.5, 0.6) is 0 Å². The second-order valence-electron chi connectivity index (χ2n) is 9.38. The Labute approximate surface area is 203 Å². The van der Waals surface area contributed by atoms with Crippen LogP contribution in [-0.2, 0) is 24.3 Å². The number of carbonyl (C=O) groups is 1. The van der Waals surface area contributed by atoms with Crippen molar-refractivity contribution in [2.45, 2.75) is 39.3 Å². The van der Waals surface area contributed by atoms with E-state index in [-0.39, 0.29) is 5.92 Å². The number of halogens is 1. The normalized spacial score (nSPS) is 18.5. The van der Waals surface area contributed by atoms with Crippen LogP contribution >= 0.6 is 11.6 Å². The molecule has 0 aliphatic carbocycles. The second-order valence-corrected chi connectivity index (χ2v) is 9.81. The monoisotopic (exact) mass is 468 g/mol. The topological polar surface area (TPSA) is 38.8 Å². The third kappa shape index (κ3) is 6.28. The average molecular weight is 469 g/mol. The van der Waals surface area contributed by atoms with Gasteiger partial charge in [0.2, 0.25) is 5.91 Å². The number of aryl methyl sites for hydroxylation is 1. The minimum Gasteiger partial charge on any atom is -0.388 e. The van der Waals surface area contributed by atoms with E-state index in [4.69, 9.17) is 11.6 Å². The standard InChI is InChI=1S/C27H37ClN4O/c1-3-23-17-22(7-8-26(23)29-2)20-30-11-9-24(10-12-30)27(33)32-15-13-31(14-16-32)19-21-5-4-6-25(28)18-21/h4-8,17-18,24,29H,3,9-16,19-20H2,1-2H3. The van der Waals surface area contributed by atoms with Crippen molar-refractivity contribution >= 4 is 23.2 Å². The fourth-order valence-electron chi connectivity index (χ4n) is 5.16. The molecule has 0 bridgehead atoms. The Morgan fingerprint density at radius 1 is 0.939 bits per heavy atom. The number of carbonyl (C=O) groups excluding carboxylic acids is 1. The van der Waals surface area contributed by atoms with Gasteiger partial charge >= 0.3 is 0 Å². The first-order valence-electron chi connectivity index (χ1n) is 12.3. The Morgan fingerprint density at radius 2 is 1.61 bits per heavy atom. The van der Waals surface area contributed by atoms with Crippen molar-refractivity contribution in [2.24, 2.45) is 5.92 Å². The van der Waals surface area contributed by atoms with Crippen LogP contribution in [0, 0.1) is 5.92 Å². The molecule has 2 aliphatic heterocycles. The van der Waals surface area contributed by atoms with Crippen LogP contribution in [0.4, 0.5) is 5.69 Å². The lowest BCUT2D eigenvalue weighted by Crippen LogP contribution is -2.51. The average Bonchev–Trinajstić information content (AvgIpc) is 2.84. The first-order valence-corrected chi connectivity index (χ1v) is 12.7. The molecule has 0 aromatic heterocycles. The van der Waals surface area contributed by atoms with Gasteiger partial charge < -0.3 is 10.2 Å². The summed E-state index contributed by atoms with van der Waals surface area (Å²) in [7, 11) is 1.98. The van der Waals surface area contributed by atoms with E-state index < -0.39 is 0 Å². The zero-order valence-corrected chi connectivity index (χ0v) is 20.8. The van der Waals surface area contributed by atoms with E-state index in [9.17, 15) is 4.79 Å². The van der Waals surface area contributed by atoms with Crippen LogP contribution in [0.15, 0.2) is 42.5 Å². The number of nitrogens with zero attached hydrogens (tertiary/aromatic N) is 3. The number of amides is 1. The maximum Gasteiger partial charge on any atom is 0.225 e. The van der Waals surface area contributed by atoms with Gasteiger partial charge in [0.05, 0.1) is 0 Å². The third-order valence-corrected chi connectivity index (χ3v) is 7.38. The van der Waals surface area contributed by atoms with Crippen molar-refractivity contribution in [3.8, 4) is 0 Å². The Morgan fingerprint density at radius 3 is 2.24 bits per heavy atom. The van der Waals surface area contributed by atoms with E-state index in [1.165, 1.54) is 22.4 Å². The molecule has 0 saturated carbocycles. The van der Waals surface area contributed by atoms with Crippen LogP contribution < -0.4 is 5.32 Å². The summed E-state index contributed by atoms with van der Waals surface area (Å²) in [5.41, 5.74) is 5.19. The number of nitrogens with one attached hydrogen (secondary N) is 1. The van der Waals surface area contributed by atoms with Crippen molar-refractivity contribution in [1.82, 2.24) is 14.7 Å². The van der Waals surface area contributed by atoms with Crippen molar-refractivity contribution in [3.05, 3.63) is 64.2 Å². The van der Waals surface area contributed by atoms with Crippen molar-refractivity contribution < 1.29 is 4.79 Å². The Hall–Kier alpha value is -2.08. The highest BCUT2D eigenvalue weighted by atomic mass is 35.5. The molecule has 4 rings (SSSR count). The van der Waals surface area contributed by atoms with Crippen LogP contribution in [0.25, 0.3) is 0 Å². The number of hydrogen-bond donors (Lipinski definition) is 1. The molecule has 2 aliphatic rings. The number of hydrogen-bond acceptors (Lipinski definition) is 4. The van der Waals surface area contributed by atoms with Crippen LogP contribution in [0.2, 0.25) is 5.02 Å². The van der Waals surface area contributed by atoms with Crippen LogP contribution in [-0.4, -0.2) is 66.9 Å².